The third-order valence-electron chi connectivity index (χ3n) is 9.18. The van der Waals surface area contributed by atoms with Gasteiger partial charge in [0, 0.05) is 0 Å². The Balaban J connectivity index is 2.18. The van der Waals surface area contributed by atoms with Gasteiger partial charge in [-0.05, 0) is 0 Å². The van der Waals surface area contributed by atoms with E-state index in [0.29, 0.717) is 0 Å². The first-order valence-corrected chi connectivity index (χ1v) is 36.8. The number of benzene rings is 2. The van der Waals surface area contributed by atoms with Crippen molar-refractivity contribution >= 4 is 51.2 Å². The third-order valence-corrected chi connectivity index (χ3v) is 66.4. The normalized spacial score (nSPS) is 21.1. The Bertz CT molecular complexity index is 1230. The van der Waals surface area contributed by atoms with E-state index < -0.39 is 37.6 Å². The molecule has 2 unspecified atom stereocenters. The zero-order valence-corrected chi connectivity index (χ0v) is 31.6. The molecule has 0 N–H and O–H groups in total. The summed E-state index contributed by atoms with van der Waals surface area (Å²) in [4.78, 5) is 0. The zero-order chi connectivity index (χ0) is 27.2. The van der Waals surface area contributed by atoms with E-state index in [1.807, 2.05) is 0 Å². The molecule has 0 aromatic heterocycles. The first-order chi connectivity index (χ1) is 16.3. The Morgan fingerprint density at radius 1 is 0.611 bits per heavy atom. The fourth-order valence-electron chi connectivity index (χ4n) is 6.93. The summed E-state index contributed by atoms with van der Waals surface area (Å²) >= 11 is -4.70. The molecule has 2 aliphatic carbocycles. The van der Waals surface area contributed by atoms with Gasteiger partial charge in [0.1, 0.15) is 0 Å². The molecule has 0 nitrogen and oxygen atoms in total. The summed E-state index contributed by atoms with van der Waals surface area (Å²) < 4.78 is 0.442. The molecule has 0 amide bonds. The summed E-state index contributed by atoms with van der Waals surface area (Å²) in [5, 5.41) is 3.22. The standard InChI is InChI=1S/2C14H19Si.C2H7Si.2ClH.Zr/c2*1-10-6-7-11(2)14-9-12(8-13(10)14)15(3,4)5;1-3-2;;;/h2*6-9H,1-5H3;3H,1-2H3;2*1H;/q;;;;;+2/p-2. The summed E-state index contributed by atoms with van der Waals surface area (Å²) in [5.41, 5.74) is 11.3. The first kappa shape index (κ1) is 29.0. The van der Waals surface area contributed by atoms with Crippen LogP contribution in [0.5, 0.6) is 0 Å². The van der Waals surface area contributed by atoms with Crippen LogP contribution >= 0.6 is 17.0 Å². The van der Waals surface area contributed by atoms with Gasteiger partial charge in [-0.3, -0.25) is 0 Å². The van der Waals surface area contributed by atoms with Gasteiger partial charge < -0.3 is 0 Å². The fourth-order valence-corrected chi connectivity index (χ4v) is 53.7. The van der Waals surface area contributed by atoms with Gasteiger partial charge in [0.15, 0.2) is 0 Å². The average Bonchev–Trinajstić information content (AvgIpc) is 3.36. The number of aryl methyl sites for hydroxylation is 4. The average molecular weight is 652 g/mol. The van der Waals surface area contributed by atoms with E-state index in [9.17, 15) is 0 Å². The topological polar surface area (TPSA) is 0 Å². The minimum absolute atomic E-state index is 0.221. The SMILES string of the molecule is Cc1ccc(C)c2c1C=C([Si](C)(C)C)[CH]2[Zr]([Cl])([Cl])([CH]1C([Si](C)(C)C)=Cc2c(C)ccc(C)c21)[SiH](C)C. The minimum atomic E-state index is -4.70. The number of halogens is 2. The maximum atomic E-state index is 8.65. The van der Waals surface area contributed by atoms with E-state index in [-0.39, 0.29) is 7.25 Å². The van der Waals surface area contributed by atoms with Crippen LogP contribution in [0.25, 0.3) is 12.2 Å². The molecule has 2 aliphatic rings. The van der Waals surface area contributed by atoms with E-state index in [1.165, 1.54) is 44.5 Å². The van der Waals surface area contributed by atoms with Gasteiger partial charge in [0.25, 0.3) is 0 Å². The molecular weight excluding hydrogens is 607 g/mol. The predicted octanol–water partition coefficient (Wildman–Crippen LogP) is 10.2. The molecule has 2 aromatic carbocycles. The molecule has 36 heavy (non-hydrogen) atoms. The van der Waals surface area contributed by atoms with Crippen molar-refractivity contribution in [2.75, 3.05) is 0 Å². The molecule has 0 fully saturated rings. The van der Waals surface area contributed by atoms with E-state index >= 15 is 0 Å². The summed E-state index contributed by atoms with van der Waals surface area (Å²) in [6, 6.07) is 9.22. The van der Waals surface area contributed by atoms with Crippen molar-refractivity contribution in [1.82, 2.24) is 0 Å². The predicted molar refractivity (Wildman–Crippen MR) is 171 cm³/mol. The second kappa shape index (κ2) is 9.03. The molecule has 0 bridgehead atoms. The number of hydrogen-bond donors (Lipinski definition) is 0. The number of allylic oxidation sites excluding steroid dienone is 2. The zero-order valence-electron chi connectivity index (χ0n) is 24.5. The number of rotatable bonds is 5. The fraction of sp³-hybridized carbons (Fsp3) is 0.467. The molecule has 0 heterocycles. The molecule has 0 radical (unpaired) electrons. The van der Waals surface area contributed by atoms with Crippen molar-refractivity contribution in [2.45, 2.75) is 87.3 Å². The molecule has 2 atom stereocenters. The Labute approximate surface area is 231 Å². The van der Waals surface area contributed by atoms with Crippen LogP contribution in [0.4, 0.5) is 0 Å². The van der Waals surface area contributed by atoms with E-state index in [2.05, 4.69) is 116 Å². The molecule has 0 spiro atoms. The van der Waals surface area contributed by atoms with Crippen LogP contribution in [-0.2, 0) is 15.6 Å². The van der Waals surface area contributed by atoms with Crippen LogP contribution < -0.4 is 0 Å². The Morgan fingerprint density at radius 3 is 1.19 bits per heavy atom. The second-order valence-corrected chi connectivity index (χ2v) is 66.7. The van der Waals surface area contributed by atoms with Crippen molar-refractivity contribution in [3.05, 3.63) is 79.2 Å². The summed E-state index contributed by atoms with van der Waals surface area (Å²) in [7, 11) is 13.9. The molecular formula is C30H45Cl2Si3Zr. The molecule has 0 saturated carbocycles. The second-order valence-electron chi connectivity index (χ2n) is 14.0. The van der Waals surface area contributed by atoms with Gasteiger partial charge in [-0.2, -0.15) is 0 Å². The van der Waals surface area contributed by atoms with Crippen LogP contribution in [0.1, 0.15) is 51.8 Å². The Morgan fingerprint density at radius 2 is 0.917 bits per heavy atom. The van der Waals surface area contributed by atoms with Gasteiger partial charge in [0.05, 0.1) is 0 Å². The van der Waals surface area contributed by atoms with Crippen molar-refractivity contribution in [3.8, 4) is 0 Å². The van der Waals surface area contributed by atoms with Crippen LogP contribution in [0.3, 0.4) is 0 Å². The van der Waals surface area contributed by atoms with Crippen LogP contribution in [0.2, 0.25) is 52.4 Å². The first-order valence-electron chi connectivity index (χ1n) is 13.5. The molecule has 0 saturated heterocycles. The van der Waals surface area contributed by atoms with Crippen molar-refractivity contribution in [2.24, 2.45) is 0 Å². The molecule has 0 aliphatic heterocycles. The van der Waals surface area contributed by atoms with Gasteiger partial charge in [-0.1, -0.05) is 0 Å². The molecule has 2 aromatic rings. The van der Waals surface area contributed by atoms with Gasteiger partial charge in [0.2, 0.25) is 0 Å². The summed E-state index contributed by atoms with van der Waals surface area (Å²) in [6.07, 6.45) is 5.11. The number of hydrogen-bond acceptors (Lipinski definition) is 0. The van der Waals surface area contributed by atoms with Crippen molar-refractivity contribution in [1.29, 1.82) is 0 Å². The van der Waals surface area contributed by atoms with Crippen LogP contribution in [0.15, 0.2) is 34.7 Å². The molecule has 4 rings (SSSR count). The summed E-state index contributed by atoms with van der Waals surface area (Å²) in [5.74, 6) is -1.53. The van der Waals surface area contributed by atoms with E-state index in [1.54, 1.807) is 10.4 Å². The number of fused-ring (bicyclic) bond motifs is 2. The molecule has 195 valence electrons. The van der Waals surface area contributed by atoms with Crippen molar-refractivity contribution in [3.63, 3.8) is 0 Å². The summed E-state index contributed by atoms with van der Waals surface area (Å²) in [6.45, 7) is 29.1. The van der Waals surface area contributed by atoms with Gasteiger partial charge in [-0.25, -0.2) is 0 Å². The monoisotopic (exact) mass is 649 g/mol. The van der Waals surface area contributed by atoms with E-state index in [4.69, 9.17) is 17.0 Å². The van der Waals surface area contributed by atoms with Crippen molar-refractivity contribution < 1.29 is 15.6 Å². The molecule has 6 heteroatoms. The van der Waals surface area contributed by atoms with Crippen LogP contribution in [0, 0.1) is 27.7 Å². The maximum absolute atomic E-state index is 8.65. The van der Waals surface area contributed by atoms with Gasteiger partial charge in [-0.15, -0.1) is 0 Å². The third kappa shape index (κ3) is 4.20. The van der Waals surface area contributed by atoms with Crippen LogP contribution in [-0.4, -0.2) is 22.1 Å². The van der Waals surface area contributed by atoms with E-state index in [0.717, 1.165) is 0 Å². The Kier molecular flexibility index (Phi) is 7.28. The Hall–Kier alpha value is 0.0338. The van der Waals surface area contributed by atoms with Gasteiger partial charge >= 0.3 is 233 Å². The quantitative estimate of drug-likeness (QED) is 0.282.